The minimum atomic E-state index is -0.0557. The van der Waals surface area contributed by atoms with Gasteiger partial charge in [-0.05, 0) is 65.9 Å². The Morgan fingerprint density at radius 1 is 1.25 bits per heavy atom. The lowest BCUT2D eigenvalue weighted by molar-refractivity contribution is 0.410. The average molecular weight is 404 g/mol. The lowest BCUT2D eigenvalue weighted by Gasteiger charge is -2.18. The molecule has 0 saturated carbocycles. The lowest BCUT2D eigenvalue weighted by atomic mass is 10.1. The molecule has 0 radical (unpaired) electrons. The zero-order valence-electron chi connectivity index (χ0n) is 11.2. The highest BCUT2D eigenvalue weighted by molar-refractivity contribution is 14.1. The van der Waals surface area contributed by atoms with Gasteiger partial charge < -0.3 is 15.2 Å². The number of rotatable bonds is 4. The molecule has 0 aliphatic carbocycles. The summed E-state index contributed by atoms with van der Waals surface area (Å²) in [6, 6.07) is 10.8. The first-order chi connectivity index (χ1) is 9.51. The van der Waals surface area contributed by atoms with Crippen molar-refractivity contribution < 1.29 is 9.84 Å². The highest BCUT2D eigenvalue weighted by Gasteiger charge is 2.13. The normalized spacial score (nSPS) is 12.0. The van der Waals surface area contributed by atoms with E-state index in [0.717, 1.165) is 20.6 Å². The van der Waals surface area contributed by atoms with Crippen LogP contribution in [0.25, 0.3) is 0 Å². The van der Waals surface area contributed by atoms with Crippen LogP contribution in [0.1, 0.15) is 18.5 Å². The summed E-state index contributed by atoms with van der Waals surface area (Å²) in [6.07, 6.45) is 0. The molecular formula is C15H15ClINO2. The van der Waals surface area contributed by atoms with Crippen LogP contribution in [0, 0.1) is 3.57 Å². The van der Waals surface area contributed by atoms with Crippen LogP contribution in [-0.4, -0.2) is 12.2 Å². The number of ether oxygens (including phenoxy) is 1. The predicted octanol–water partition coefficient (Wildman–Crippen LogP) is 4.83. The molecule has 3 nitrogen and oxygen atoms in total. The van der Waals surface area contributed by atoms with Crippen molar-refractivity contribution in [2.24, 2.45) is 0 Å². The quantitative estimate of drug-likeness (QED) is 0.718. The summed E-state index contributed by atoms with van der Waals surface area (Å²) < 4.78 is 6.22. The second kappa shape index (κ2) is 6.54. The molecule has 0 heterocycles. The van der Waals surface area contributed by atoms with Gasteiger partial charge in [-0.3, -0.25) is 0 Å². The molecule has 20 heavy (non-hydrogen) atoms. The van der Waals surface area contributed by atoms with E-state index in [1.807, 2.05) is 31.2 Å². The van der Waals surface area contributed by atoms with Crippen molar-refractivity contribution in [1.82, 2.24) is 0 Å². The smallest absolute Gasteiger partial charge is 0.121 e. The summed E-state index contributed by atoms with van der Waals surface area (Å²) in [4.78, 5) is 0. The molecule has 1 atom stereocenters. The van der Waals surface area contributed by atoms with E-state index in [1.54, 1.807) is 19.2 Å². The summed E-state index contributed by atoms with van der Waals surface area (Å²) in [6.45, 7) is 1.99. The van der Waals surface area contributed by atoms with Gasteiger partial charge >= 0.3 is 0 Å². The number of halogens is 2. The molecule has 0 aromatic heterocycles. The highest BCUT2D eigenvalue weighted by atomic mass is 127. The Balaban J connectivity index is 2.25. The van der Waals surface area contributed by atoms with E-state index < -0.39 is 0 Å². The van der Waals surface area contributed by atoms with Crippen molar-refractivity contribution >= 4 is 39.9 Å². The highest BCUT2D eigenvalue weighted by Crippen LogP contribution is 2.32. The van der Waals surface area contributed by atoms with Crippen molar-refractivity contribution in [2.45, 2.75) is 13.0 Å². The monoisotopic (exact) mass is 403 g/mol. The summed E-state index contributed by atoms with van der Waals surface area (Å²) in [5.41, 5.74) is 1.76. The summed E-state index contributed by atoms with van der Waals surface area (Å²) in [5, 5.41) is 14.0. The topological polar surface area (TPSA) is 41.5 Å². The molecular weight excluding hydrogens is 389 g/mol. The van der Waals surface area contributed by atoms with Gasteiger partial charge in [0.05, 0.1) is 13.2 Å². The summed E-state index contributed by atoms with van der Waals surface area (Å²) in [7, 11) is 1.61. The third-order valence-electron chi connectivity index (χ3n) is 3.00. The lowest BCUT2D eigenvalue weighted by Crippen LogP contribution is -2.08. The zero-order chi connectivity index (χ0) is 14.7. The fraction of sp³-hybridized carbons (Fsp3) is 0.200. The Kier molecular flexibility index (Phi) is 4.99. The van der Waals surface area contributed by atoms with Crippen LogP contribution in [0.15, 0.2) is 36.4 Å². The molecule has 5 heteroatoms. The van der Waals surface area contributed by atoms with Crippen LogP contribution in [-0.2, 0) is 0 Å². The third-order valence-corrected chi connectivity index (χ3v) is 4.13. The molecule has 2 aromatic carbocycles. The second-order valence-corrected chi connectivity index (χ2v) is 6.01. The number of benzene rings is 2. The molecule has 2 aromatic rings. The third kappa shape index (κ3) is 3.49. The largest absolute Gasteiger partial charge is 0.508 e. The number of anilines is 1. The van der Waals surface area contributed by atoms with Crippen LogP contribution in [0.4, 0.5) is 5.69 Å². The Morgan fingerprint density at radius 2 is 2.00 bits per heavy atom. The molecule has 0 saturated heterocycles. The second-order valence-electron chi connectivity index (χ2n) is 4.41. The van der Waals surface area contributed by atoms with Gasteiger partial charge in [-0.15, -0.1) is 0 Å². The molecule has 0 aliphatic rings. The van der Waals surface area contributed by atoms with Gasteiger partial charge in [0.25, 0.3) is 0 Å². The Hall–Kier alpha value is -1.14. The minimum Gasteiger partial charge on any atom is -0.508 e. The van der Waals surface area contributed by atoms with E-state index in [2.05, 4.69) is 27.9 Å². The molecule has 0 amide bonds. The van der Waals surface area contributed by atoms with E-state index >= 15 is 0 Å². The van der Waals surface area contributed by atoms with Crippen molar-refractivity contribution in [3.05, 3.63) is 50.6 Å². The first-order valence-electron chi connectivity index (χ1n) is 6.09. The maximum Gasteiger partial charge on any atom is 0.121 e. The zero-order valence-corrected chi connectivity index (χ0v) is 14.1. The van der Waals surface area contributed by atoms with Crippen LogP contribution in [0.5, 0.6) is 11.5 Å². The maximum absolute atomic E-state index is 9.97. The molecule has 2 N–H and O–H groups in total. The van der Waals surface area contributed by atoms with Crippen molar-refractivity contribution in [3.8, 4) is 11.5 Å². The molecule has 0 bridgehead atoms. The fourth-order valence-corrected chi connectivity index (χ4v) is 2.95. The van der Waals surface area contributed by atoms with Gasteiger partial charge in [-0.25, -0.2) is 0 Å². The first kappa shape index (κ1) is 15.3. The number of nitrogens with one attached hydrogen (secondary N) is 1. The maximum atomic E-state index is 9.97. The molecule has 106 valence electrons. The van der Waals surface area contributed by atoms with Crippen LogP contribution < -0.4 is 10.1 Å². The van der Waals surface area contributed by atoms with E-state index in [-0.39, 0.29) is 11.8 Å². The summed E-state index contributed by atoms with van der Waals surface area (Å²) >= 11 is 8.17. The van der Waals surface area contributed by atoms with Crippen LogP contribution >= 0.6 is 34.2 Å². The minimum absolute atomic E-state index is 0.0557. The molecule has 0 aliphatic heterocycles. The first-order valence-corrected chi connectivity index (χ1v) is 7.55. The molecule has 2 rings (SSSR count). The van der Waals surface area contributed by atoms with Crippen LogP contribution in [0.3, 0.4) is 0 Å². The molecule has 1 unspecified atom stereocenters. The van der Waals surface area contributed by atoms with E-state index in [1.165, 1.54) is 0 Å². The fourth-order valence-electron chi connectivity index (χ4n) is 1.92. The van der Waals surface area contributed by atoms with Crippen molar-refractivity contribution in [2.75, 3.05) is 12.4 Å². The average Bonchev–Trinajstić information content (AvgIpc) is 2.42. The number of hydrogen-bond donors (Lipinski definition) is 2. The van der Waals surface area contributed by atoms with E-state index in [9.17, 15) is 5.11 Å². The van der Waals surface area contributed by atoms with Crippen molar-refractivity contribution in [1.29, 1.82) is 0 Å². The Bertz CT molecular complexity index is 619. The number of aromatic hydroxyl groups is 1. The van der Waals surface area contributed by atoms with Gasteiger partial charge in [-0.2, -0.15) is 0 Å². The van der Waals surface area contributed by atoms with Gasteiger partial charge in [0.1, 0.15) is 11.5 Å². The number of phenols is 1. The number of phenolic OH excluding ortho intramolecular Hbond substituents is 1. The Morgan fingerprint density at radius 3 is 2.65 bits per heavy atom. The van der Waals surface area contributed by atoms with Crippen LogP contribution in [0.2, 0.25) is 5.02 Å². The standard InChI is InChI=1S/C15H15ClINO2/c1-9(12-8-11(20-2)4-6-15(12)19)18-14-5-3-10(16)7-13(14)17/h3-9,18-19H,1-2H3. The Labute approximate surface area is 137 Å². The molecule has 0 spiro atoms. The predicted molar refractivity (Wildman–Crippen MR) is 90.9 cm³/mol. The van der Waals surface area contributed by atoms with Gasteiger partial charge in [-0.1, -0.05) is 11.6 Å². The summed E-state index contributed by atoms with van der Waals surface area (Å²) in [5.74, 6) is 0.965. The van der Waals surface area contributed by atoms with Gasteiger partial charge in [0, 0.05) is 19.8 Å². The van der Waals surface area contributed by atoms with Crippen molar-refractivity contribution in [3.63, 3.8) is 0 Å². The molecule has 0 fully saturated rings. The SMILES string of the molecule is COc1ccc(O)c(C(C)Nc2ccc(Cl)cc2I)c1. The number of hydrogen-bond acceptors (Lipinski definition) is 3. The van der Waals surface area contributed by atoms with E-state index in [4.69, 9.17) is 16.3 Å². The van der Waals surface area contributed by atoms with Gasteiger partial charge in [0.2, 0.25) is 0 Å². The van der Waals surface area contributed by atoms with Gasteiger partial charge in [0.15, 0.2) is 0 Å². The van der Waals surface area contributed by atoms with E-state index in [0.29, 0.717) is 5.02 Å². The number of methoxy groups -OCH3 is 1.